The first-order valence-corrected chi connectivity index (χ1v) is 11.2. The molecule has 0 fully saturated rings. The summed E-state index contributed by atoms with van der Waals surface area (Å²) in [5.74, 6) is -0.533. The largest absolute Gasteiger partial charge is 0.466 e. The van der Waals surface area contributed by atoms with Gasteiger partial charge in [-0.3, -0.25) is 9.59 Å². The summed E-state index contributed by atoms with van der Waals surface area (Å²) >= 11 is 12.6. The predicted molar refractivity (Wildman–Crippen MR) is 117 cm³/mol. The molecular formula is C23H24Cl2N2O3. The molecule has 2 aliphatic carbocycles. The van der Waals surface area contributed by atoms with Crippen molar-refractivity contribution in [1.29, 1.82) is 0 Å². The summed E-state index contributed by atoms with van der Waals surface area (Å²) in [4.78, 5) is 25.4. The monoisotopic (exact) mass is 446 g/mol. The second kappa shape index (κ2) is 8.94. The van der Waals surface area contributed by atoms with Gasteiger partial charge in [-0.1, -0.05) is 35.3 Å². The molecule has 1 aromatic heterocycles. The van der Waals surface area contributed by atoms with Gasteiger partial charge in [-0.2, -0.15) is 9.78 Å². The number of aromatic nitrogens is 2. The first-order chi connectivity index (χ1) is 14.5. The van der Waals surface area contributed by atoms with Gasteiger partial charge in [-0.25, -0.2) is 0 Å². The molecule has 0 radical (unpaired) electrons. The standard InChI is InChI=1S/C23H24Cl2N2O3/c1-2-30-23(29)15-12-10-14(11-13-15)21-16-6-3-4-9-19(16)27(26-21)22(28)20-17(24)7-5-8-18(20)25/h5,7-8,10,15H,2-4,6,9,11-13H2,1H3. The number of hydrogen-bond acceptors (Lipinski definition) is 4. The maximum atomic E-state index is 13.3. The molecule has 1 atom stereocenters. The third-order valence-electron chi connectivity index (χ3n) is 5.88. The van der Waals surface area contributed by atoms with Crippen LogP contribution in [0.15, 0.2) is 24.3 Å². The minimum Gasteiger partial charge on any atom is -0.466 e. The van der Waals surface area contributed by atoms with Crippen molar-refractivity contribution < 1.29 is 14.3 Å². The molecule has 0 aliphatic heterocycles. The van der Waals surface area contributed by atoms with Crippen LogP contribution in [0, 0.1) is 5.92 Å². The second-order valence-corrected chi connectivity index (χ2v) is 8.56. The van der Waals surface area contributed by atoms with Crippen LogP contribution in [0.3, 0.4) is 0 Å². The van der Waals surface area contributed by atoms with E-state index in [2.05, 4.69) is 6.08 Å². The number of hydrogen-bond donors (Lipinski definition) is 0. The molecule has 158 valence electrons. The minimum atomic E-state index is -0.296. The van der Waals surface area contributed by atoms with Gasteiger partial charge in [-0.15, -0.1) is 0 Å². The van der Waals surface area contributed by atoms with Crippen LogP contribution in [0.25, 0.3) is 5.57 Å². The van der Waals surface area contributed by atoms with Gasteiger partial charge in [0.15, 0.2) is 0 Å². The smallest absolute Gasteiger partial charge is 0.309 e. The normalized spacial score (nSPS) is 18.5. The summed E-state index contributed by atoms with van der Waals surface area (Å²) in [6.45, 7) is 2.22. The summed E-state index contributed by atoms with van der Waals surface area (Å²) in [5, 5.41) is 5.39. The molecule has 0 bridgehead atoms. The van der Waals surface area contributed by atoms with E-state index in [-0.39, 0.29) is 23.4 Å². The van der Waals surface area contributed by atoms with E-state index in [1.165, 1.54) is 4.68 Å². The Kier molecular flexibility index (Phi) is 6.30. The Balaban J connectivity index is 1.69. The molecule has 4 rings (SSSR count). The maximum Gasteiger partial charge on any atom is 0.309 e. The van der Waals surface area contributed by atoms with Crippen molar-refractivity contribution in [2.24, 2.45) is 5.92 Å². The van der Waals surface area contributed by atoms with Gasteiger partial charge >= 0.3 is 5.97 Å². The number of esters is 1. The van der Waals surface area contributed by atoms with Crippen molar-refractivity contribution >= 4 is 40.7 Å². The zero-order chi connectivity index (χ0) is 21.3. The van der Waals surface area contributed by atoms with Crippen LogP contribution < -0.4 is 0 Å². The lowest BCUT2D eigenvalue weighted by Crippen LogP contribution is -2.20. The number of carbonyl (C=O) groups excluding carboxylic acids is 2. The number of rotatable bonds is 4. The van der Waals surface area contributed by atoms with E-state index in [1.54, 1.807) is 18.2 Å². The van der Waals surface area contributed by atoms with E-state index in [4.69, 9.17) is 33.0 Å². The summed E-state index contributed by atoms with van der Waals surface area (Å²) in [6, 6.07) is 5.05. The molecule has 0 saturated carbocycles. The van der Waals surface area contributed by atoms with Crippen molar-refractivity contribution in [3.05, 3.63) is 56.8 Å². The molecule has 2 aliphatic rings. The molecule has 1 unspecified atom stereocenters. The molecule has 0 spiro atoms. The van der Waals surface area contributed by atoms with E-state index in [0.717, 1.165) is 61.0 Å². The fraction of sp³-hybridized carbons (Fsp3) is 0.435. The highest BCUT2D eigenvalue weighted by Crippen LogP contribution is 2.36. The van der Waals surface area contributed by atoms with Gasteiger partial charge < -0.3 is 4.74 Å². The van der Waals surface area contributed by atoms with Crippen LogP contribution in [0.5, 0.6) is 0 Å². The van der Waals surface area contributed by atoms with Crippen molar-refractivity contribution in [3.8, 4) is 0 Å². The first kappa shape index (κ1) is 21.1. The van der Waals surface area contributed by atoms with E-state index in [0.29, 0.717) is 23.1 Å². The van der Waals surface area contributed by atoms with Crippen LogP contribution in [0.2, 0.25) is 10.0 Å². The average Bonchev–Trinajstić information content (AvgIpc) is 3.13. The lowest BCUT2D eigenvalue weighted by Gasteiger charge is -2.20. The van der Waals surface area contributed by atoms with Gasteiger partial charge in [0, 0.05) is 5.56 Å². The van der Waals surface area contributed by atoms with Crippen molar-refractivity contribution in [2.45, 2.75) is 51.9 Å². The number of ether oxygens (including phenoxy) is 1. The van der Waals surface area contributed by atoms with Crippen LogP contribution in [0.4, 0.5) is 0 Å². The average molecular weight is 447 g/mol. The highest BCUT2D eigenvalue weighted by atomic mass is 35.5. The third kappa shape index (κ3) is 3.93. The zero-order valence-corrected chi connectivity index (χ0v) is 18.4. The van der Waals surface area contributed by atoms with Crippen LogP contribution in [-0.4, -0.2) is 28.3 Å². The lowest BCUT2D eigenvalue weighted by atomic mass is 9.85. The van der Waals surface area contributed by atoms with Gasteiger partial charge in [0.25, 0.3) is 5.91 Å². The SMILES string of the molecule is CCOC(=O)C1CC=C(c2nn(C(=O)c3c(Cl)cccc3Cl)c3c2CCCC3)CC1. The predicted octanol–water partition coefficient (Wildman–Crippen LogP) is 5.50. The van der Waals surface area contributed by atoms with Crippen LogP contribution >= 0.6 is 23.2 Å². The van der Waals surface area contributed by atoms with E-state index >= 15 is 0 Å². The molecule has 7 heteroatoms. The maximum absolute atomic E-state index is 13.3. The second-order valence-electron chi connectivity index (χ2n) is 7.75. The highest BCUT2D eigenvalue weighted by Gasteiger charge is 2.30. The van der Waals surface area contributed by atoms with Crippen LogP contribution in [0.1, 0.15) is 66.3 Å². The van der Waals surface area contributed by atoms with Gasteiger partial charge in [0.05, 0.1) is 39.5 Å². The molecule has 0 saturated heterocycles. The number of carbonyl (C=O) groups is 2. The summed E-state index contributed by atoms with van der Waals surface area (Å²) in [6.07, 6.45) is 7.99. The Hall–Kier alpha value is -2.11. The van der Waals surface area contributed by atoms with E-state index in [1.807, 2.05) is 6.92 Å². The molecule has 0 N–H and O–H groups in total. The Labute approximate surface area is 186 Å². The first-order valence-electron chi connectivity index (χ1n) is 10.5. The third-order valence-corrected chi connectivity index (χ3v) is 6.51. The molecule has 1 heterocycles. The molecule has 2 aromatic rings. The fourth-order valence-corrected chi connectivity index (χ4v) is 4.92. The highest BCUT2D eigenvalue weighted by molar-refractivity contribution is 6.39. The number of allylic oxidation sites excluding steroid dienone is 2. The Morgan fingerprint density at radius 3 is 2.57 bits per heavy atom. The number of halogens is 2. The van der Waals surface area contributed by atoms with E-state index < -0.39 is 0 Å². The number of nitrogens with zero attached hydrogens (tertiary/aromatic N) is 2. The topological polar surface area (TPSA) is 61.2 Å². The Morgan fingerprint density at radius 1 is 1.17 bits per heavy atom. The molecule has 0 amide bonds. The minimum absolute atomic E-state index is 0.102. The van der Waals surface area contributed by atoms with Crippen molar-refractivity contribution in [3.63, 3.8) is 0 Å². The molecule has 30 heavy (non-hydrogen) atoms. The fourth-order valence-electron chi connectivity index (χ4n) is 4.36. The zero-order valence-electron chi connectivity index (χ0n) is 16.9. The summed E-state index contributed by atoms with van der Waals surface area (Å²) < 4.78 is 6.66. The molecular weight excluding hydrogens is 423 g/mol. The number of benzene rings is 1. The van der Waals surface area contributed by atoms with Crippen LogP contribution in [-0.2, 0) is 22.4 Å². The van der Waals surface area contributed by atoms with Gasteiger partial charge in [0.1, 0.15) is 0 Å². The molecule has 5 nitrogen and oxygen atoms in total. The summed E-state index contributed by atoms with van der Waals surface area (Å²) in [5.41, 5.74) is 4.35. The lowest BCUT2D eigenvalue weighted by molar-refractivity contribution is -0.148. The number of fused-ring (bicyclic) bond motifs is 1. The van der Waals surface area contributed by atoms with Gasteiger partial charge in [-0.05, 0) is 69.6 Å². The van der Waals surface area contributed by atoms with Crippen molar-refractivity contribution in [2.75, 3.05) is 6.61 Å². The van der Waals surface area contributed by atoms with Crippen molar-refractivity contribution in [1.82, 2.24) is 9.78 Å². The Bertz CT molecular complexity index is 1010. The van der Waals surface area contributed by atoms with Gasteiger partial charge in [0.2, 0.25) is 0 Å². The Morgan fingerprint density at radius 2 is 1.90 bits per heavy atom. The summed E-state index contributed by atoms with van der Waals surface area (Å²) in [7, 11) is 0. The van der Waals surface area contributed by atoms with E-state index in [9.17, 15) is 9.59 Å². The molecule has 1 aromatic carbocycles. The quantitative estimate of drug-likeness (QED) is 0.581.